The lowest BCUT2D eigenvalue weighted by Gasteiger charge is -2.30. The molecule has 224 valence electrons. The van der Waals surface area contributed by atoms with Gasteiger partial charge in [0.2, 0.25) is 0 Å². The molecule has 0 spiro atoms. The maximum absolute atomic E-state index is 2.41. The summed E-state index contributed by atoms with van der Waals surface area (Å²) in [6.45, 7) is 16.2. The molecule has 1 atom stereocenters. The Labute approximate surface area is 265 Å². The summed E-state index contributed by atoms with van der Waals surface area (Å²) in [5, 5.41) is 0. The van der Waals surface area contributed by atoms with E-state index in [1.165, 1.54) is 61.6 Å². The van der Waals surface area contributed by atoms with Crippen LogP contribution in [0.25, 0.3) is 22.3 Å². The monoisotopic (exact) mass is 577 g/mol. The van der Waals surface area contributed by atoms with Crippen molar-refractivity contribution in [1.29, 1.82) is 0 Å². The molecular weight excluding hydrogens is 530 g/mol. The predicted molar refractivity (Wildman–Crippen MR) is 191 cm³/mol. The SMILES string of the molecule is CCC(C)c1ccc(N(c2ccc(-c3ccc4c(c3)C(C)(C)c3ccccc3-4)cc2)c2ccc(C(C)(CC)CC)cc2)cc1. The molecule has 5 aromatic rings. The Balaban J connectivity index is 1.37. The lowest BCUT2D eigenvalue weighted by atomic mass is 9.78. The molecule has 0 radical (unpaired) electrons. The van der Waals surface area contributed by atoms with E-state index in [0.717, 1.165) is 19.3 Å². The standard InChI is InChI=1S/C43H47N/c1-8-30(4)31-15-22-35(23-16-31)44(37-26-20-34(21-27-37)43(7,9-2)10-3)36-24-17-32(18-25-36)33-19-28-39-38-13-11-12-14-40(38)42(5,6)41(39)29-33/h11-30H,8-10H2,1-7H3. The molecule has 1 heteroatoms. The third-order valence-electron chi connectivity index (χ3n) is 10.8. The molecule has 0 amide bonds. The Hall–Kier alpha value is -4.10. The fraction of sp³-hybridized carbons (Fsp3) is 0.302. The summed E-state index contributed by atoms with van der Waals surface area (Å²) in [4.78, 5) is 2.39. The number of nitrogens with zero attached hydrogens (tertiary/aromatic N) is 1. The zero-order valence-electron chi connectivity index (χ0n) is 27.6. The van der Waals surface area contributed by atoms with Gasteiger partial charge in [0, 0.05) is 22.5 Å². The number of fused-ring (bicyclic) bond motifs is 3. The molecule has 1 aliphatic rings. The second kappa shape index (κ2) is 11.8. The molecule has 0 fully saturated rings. The molecule has 5 aromatic carbocycles. The smallest absolute Gasteiger partial charge is 0.0462 e. The fourth-order valence-electron chi connectivity index (χ4n) is 6.99. The molecule has 1 aliphatic carbocycles. The molecule has 44 heavy (non-hydrogen) atoms. The van der Waals surface area contributed by atoms with Crippen LogP contribution in [0.1, 0.15) is 95.9 Å². The van der Waals surface area contributed by atoms with Gasteiger partial charge in [-0.05, 0) is 118 Å². The van der Waals surface area contributed by atoms with Gasteiger partial charge >= 0.3 is 0 Å². The van der Waals surface area contributed by atoms with Crippen LogP contribution in [-0.4, -0.2) is 0 Å². The molecule has 0 N–H and O–H groups in total. The minimum Gasteiger partial charge on any atom is -0.311 e. The number of hydrogen-bond donors (Lipinski definition) is 0. The summed E-state index contributed by atoms with van der Waals surface area (Å²) in [6.07, 6.45) is 3.42. The number of anilines is 3. The van der Waals surface area contributed by atoms with Crippen LogP contribution < -0.4 is 4.90 Å². The summed E-state index contributed by atoms with van der Waals surface area (Å²) in [5.41, 5.74) is 14.6. The van der Waals surface area contributed by atoms with Gasteiger partial charge < -0.3 is 4.90 Å². The van der Waals surface area contributed by atoms with E-state index in [0.29, 0.717) is 5.92 Å². The predicted octanol–water partition coefficient (Wildman–Crippen LogP) is 12.7. The Kier molecular flexibility index (Phi) is 8.01. The Morgan fingerprint density at radius 2 is 1.14 bits per heavy atom. The molecule has 1 nitrogen and oxygen atoms in total. The van der Waals surface area contributed by atoms with Gasteiger partial charge in [0.15, 0.2) is 0 Å². The lowest BCUT2D eigenvalue weighted by molar-refractivity contribution is 0.439. The average molecular weight is 578 g/mol. The van der Waals surface area contributed by atoms with E-state index in [2.05, 4.69) is 169 Å². The molecule has 0 heterocycles. The topological polar surface area (TPSA) is 3.24 Å². The van der Waals surface area contributed by atoms with Crippen LogP contribution in [0.4, 0.5) is 17.1 Å². The van der Waals surface area contributed by atoms with Crippen LogP contribution in [0.15, 0.2) is 115 Å². The first-order valence-electron chi connectivity index (χ1n) is 16.6. The van der Waals surface area contributed by atoms with Gasteiger partial charge in [-0.15, -0.1) is 0 Å². The molecule has 6 rings (SSSR count). The van der Waals surface area contributed by atoms with Crippen molar-refractivity contribution in [3.8, 4) is 22.3 Å². The first-order chi connectivity index (χ1) is 21.2. The summed E-state index contributed by atoms with van der Waals surface area (Å²) in [5.74, 6) is 0.557. The van der Waals surface area contributed by atoms with Crippen LogP contribution in [0.3, 0.4) is 0 Å². The summed E-state index contributed by atoms with van der Waals surface area (Å²) >= 11 is 0. The molecule has 0 saturated carbocycles. The van der Waals surface area contributed by atoms with Crippen molar-refractivity contribution in [3.63, 3.8) is 0 Å². The van der Waals surface area contributed by atoms with Gasteiger partial charge in [0.1, 0.15) is 0 Å². The Morgan fingerprint density at radius 1 is 0.614 bits per heavy atom. The highest BCUT2D eigenvalue weighted by Crippen LogP contribution is 2.49. The highest BCUT2D eigenvalue weighted by molar-refractivity contribution is 5.84. The van der Waals surface area contributed by atoms with E-state index < -0.39 is 0 Å². The Bertz CT molecular complexity index is 1740. The molecule has 0 aliphatic heterocycles. The number of rotatable bonds is 9. The van der Waals surface area contributed by atoms with E-state index in [1.807, 2.05) is 0 Å². The van der Waals surface area contributed by atoms with Crippen LogP contribution in [0.5, 0.6) is 0 Å². The van der Waals surface area contributed by atoms with Crippen molar-refractivity contribution in [2.75, 3.05) is 4.90 Å². The highest BCUT2D eigenvalue weighted by atomic mass is 15.1. The zero-order valence-corrected chi connectivity index (χ0v) is 27.6. The van der Waals surface area contributed by atoms with Crippen LogP contribution in [0, 0.1) is 0 Å². The normalized spacial score (nSPS) is 14.2. The third-order valence-corrected chi connectivity index (χ3v) is 10.8. The van der Waals surface area contributed by atoms with Crippen molar-refractivity contribution in [3.05, 3.63) is 138 Å². The van der Waals surface area contributed by atoms with E-state index in [4.69, 9.17) is 0 Å². The quantitative estimate of drug-likeness (QED) is 0.168. The second-order valence-corrected chi connectivity index (χ2v) is 13.5. The lowest BCUT2D eigenvalue weighted by Crippen LogP contribution is -2.19. The third kappa shape index (κ3) is 5.17. The van der Waals surface area contributed by atoms with Crippen molar-refractivity contribution in [2.45, 2.75) is 84.5 Å². The first-order valence-corrected chi connectivity index (χ1v) is 16.6. The van der Waals surface area contributed by atoms with E-state index in [-0.39, 0.29) is 10.8 Å². The fourth-order valence-corrected chi connectivity index (χ4v) is 6.99. The first kappa shape index (κ1) is 29.9. The van der Waals surface area contributed by atoms with Gasteiger partial charge in [-0.3, -0.25) is 0 Å². The minimum atomic E-state index is -0.00208. The second-order valence-electron chi connectivity index (χ2n) is 13.5. The molecule has 0 bridgehead atoms. The van der Waals surface area contributed by atoms with E-state index in [1.54, 1.807) is 0 Å². The van der Waals surface area contributed by atoms with E-state index >= 15 is 0 Å². The maximum Gasteiger partial charge on any atom is 0.0462 e. The average Bonchev–Trinajstić information content (AvgIpc) is 3.31. The van der Waals surface area contributed by atoms with Crippen molar-refractivity contribution >= 4 is 17.1 Å². The van der Waals surface area contributed by atoms with Crippen molar-refractivity contribution in [1.82, 2.24) is 0 Å². The number of benzene rings is 5. The summed E-state index contributed by atoms with van der Waals surface area (Å²) in [6, 6.07) is 43.4. The largest absolute Gasteiger partial charge is 0.311 e. The van der Waals surface area contributed by atoms with Gasteiger partial charge in [-0.1, -0.05) is 121 Å². The summed E-state index contributed by atoms with van der Waals surface area (Å²) in [7, 11) is 0. The minimum absolute atomic E-state index is 0.00208. The van der Waals surface area contributed by atoms with Crippen LogP contribution in [-0.2, 0) is 10.8 Å². The van der Waals surface area contributed by atoms with Crippen molar-refractivity contribution < 1.29 is 0 Å². The van der Waals surface area contributed by atoms with E-state index in [9.17, 15) is 0 Å². The van der Waals surface area contributed by atoms with Crippen LogP contribution in [0.2, 0.25) is 0 Å². The zero-order chi connectivity index (χ0) is 31.1. The maximum atomic E-state index is 2.41. The van der Waals surface area contributed by atoms with Crippen LogP contribution >= 0.6 is 0 Å². The Morgan fingerprint density at radius 3 is 1.73 bits per heavy atom. The van der Waals surface area contributed by atoms with Crippen molar-refractivity contribution in [2.24, 2.45) is 0 Å². The molecule has 0 aromatic heterocycles. The summed E-state index contributed by atoms with van der Waals surface area (Å²) < 4.78 is 0. The van der Waals surface area contributed by atoms with Gasteiger partial charge in [0.25, 0.3) is 0 Å². The van der Waals surface area contributed by atoms with Gasteiger partial charge in [-0.25, -0.2) is 0 Å². The van der Waals surface area contributed by atoms with Gasteiger partial charge in [0.05, 0.1) is 0 Å². The van der Waals surface area contributed by atoms with Gasteiger partial charge in [-0.2, -0.15) is 0 Å². The highest BCUT2D eigenvalue weighted by Gasteiger charge is 2.35. The number of hydrogen-bond acceptors (Lipinski definition) is 1. The molecule has 0 saturated heterocycles. The molecular formula is C43H47N. The molecule has 1 unspecified atom stereocenters.